The van der Waals surface area contributed by atoms with Crippen molar-refractivity contribution >= 4 is 17.6 Å². The van der Waals surface area contributed by atoms with Gasteiger partial charge in [-0.3, -0.25) is 4.79 Å². The topological polar surface area (TPSA) is 99.5 Å². The molecular formula is C21H20F5N5O2. The molecule has 0 unspecified atom stereocenters. The summed E-state index contributed by atoms with van der Waals surface area (Å²) in [5, 5.41) is 6.68. The van der Waals surface area contributed by atoms with Crippen LogP contribution in [0, 0.1) is 17.8 Å². The van der Waals surface area contributed by atoms with Gasteiger partial charge in [-0.2, -0.15) is 22.0 Å². The molecule has 1 atom stereocenters. The Balaban J connectivity index is 1.66. The number of amides is 3. The molecule has 1 saturated carbocycles. The lowest BCUT2D eigenvalue weighted by molar-refractivity contribution is -0.178. The van der Waals surface area contributed by atoms with E-state index in [1.165, 1.54) is 18.2 Å². The van der Waals surface area contributed by atoms with Crippen LogP contribution in [0.5, 0.6) is 0 Å². The molecule has 12 heteroatoms. The van der Waals surface area contributed by atoms with Crippen molar-refractivity contribution in [1.29, 1.82) is 0 Å². The first-order chi connectivity index (χ1) is 15.3. The third kappa shape index (κ3) is 4.15. The Morgan fingerprint density at radius 2 is 1.91 bits per heavy atom. The highest BCUT2D eigenvalue weighted by Crippen LogP contribution is 2.44. The van der Waals surface area contributed by atoms with Gasteiger partial charge in [0.25, 0.3) is 11.8 Å². The number of nitrogens with one attached hydrogen (secondary N) is 3. The van der Waals surface area contributed by atoms with Crippen LogP contribution >= 0.6 is 0 Å². The number of allylic oxidation sites excluding steroid dienone is 1. The summed E-state index contributed by atoms with van der Waals surface area (Å²) in [5.74, 6) is 0.525. The van der Waals surface area contributed by atoms with Crippen LogP contribution in [0.2, 0.25) is 0 Å². The Hall–Kier alpha value is -3.49. The molecule has 2 heterocycles. The first-order valence-corrected chi connectivity index (χ1v) is 10.0. The van der Waals surface area contributed by atoms with Crippen molar-refractivity contribution < 1.29 is 31.5 Å². The summed E-state index contributed by atoms with van der Waals surface area (Å²) in [6.07, 6.45) is -3.48. The maximum absolute atomic E-state index is 14.1. The Labute approximate surface area is 185 Å². The van der Waals surface area contributed by atoms with Gasteiger partial charge in [-0.25, -0.2) is 4.79 Å². The smallest absolute Gasteiger partial charge is 0.393 e. The van der Waals surface area contributed by atoms with Crippen molar-refractivity contribution in [3.63, 3.8) is 0 Å². The number of urea groups is 1. The number of nitrogens with zero attached hydrogens (tertiary/aromatic N) is 1. The lowest BCUT2D eigenvalue weighted by Crippen LogP contribution is -2.59. The molecule has 3 amide bonds. The molecule has 0 spiro atoms. The molecule has 0 bridgehead atoms. The van der Waals surface area contributed by atoms with Crippen LogP contribution in [-0.2, 0) is 16.9 Å². The minimum atomic E-state index is -4.89. The number of hydrogen-bond donors (Lipinski definition) is 4. The fraction of sp³-hybridized carbons (Fsp3) is 0.429. The number of fused-ring (bicyclic) bond motifs is 1. The predicted molar refractivity (Wildman–Crippen MR) is 107 cm³/mol. The van der Waals surface area contributed by atoms with Crippen LogP contribution in [0.4, 0.5) is 32.4 Å². The van der Waals surface area contributed by atoms with Gasteiger partial charge in [0, 0.05) is 30.6 Å². The molecule has 1 aromatic rings. The van der Waals surface area contributed by atoms with Crippen LogP contribution in [0.15, 0.2) is 29.6 Å². The highest BCUT2D eigenvalue weighted by Gasteiger charge is 2.59. The average Bonchev–Trinajstić information content (AvgIpc) is 3.52. The Morgan fingerprint density at radius 3 is 2.52 bits per heavy atom. The van der Waals surface area contributed by atoms with Crippen LogP contribution in [0.25, 0.3) is 0 Å². The molecule has 5 N–H and O–H groups in total. The highest BCUT2D eigenvalue weighted by molar-refractivity contribution is 5.95. The van der Waals surface area contributed by atoms with Gasteiger partial charge in [0.1, 0.15) is 11.4 Å². The van der Waals surface area contributed by atoms with Crippen molar-refractivity contribution in [2.45, 2.75) is 43.9 Å². The van der Waals surface area contributed by atoms with Crippen molar-refractivity contribution in [1.82, 2.24) is 15.5 Å². The quantitative estimate of drug-likeness (QED) is 0.404. The molecule has 0 radical (unpaired) electrons. The van der Waals surface area contributed by atoms with Gasteiger partial charge in [0.05, 0.1) is 6.67 Å². The monoisotopic (exact) mass is 469 g/mol. The molecule has 33 heavy (non-hydrogen) atoms. The lowest BCUT2D eigenvalue weighted by atomic mass is 9.85. The van der Waals surface area contributed by atoms with Crippen LogP contribution in [-0.4, -0.2) is 35.6 Å². The van der Waals surface area contributed by atoms with E-state index >= 15 is 0 Å². The number of nitrogens with two attached hydrogens (primary N) is 1. The summed E-state index contributed by atoms with van der Waals surface area (Å²) in [5.41, 5.74) is 1.34. The summed E-state index contributed by atoms with van der Waals surface area (Å²) >= 11 is 0. The zero-order valence-electron chi connectivity index (χ0n) is 17.4. The largest absolute Gasteiger partial charge is 0.427 e. The molecule has 3 aliphatic rings. The van der Waals surface area contributed by atoms with E-state index in [4.69, 9.17) is 5.73 Å². The van der Waals surface area contributed by atoms with E-state index in [1.54, 1.807) is 0 Å². The van der Waals surface area contributed by atoms with Crippen molar-refractivity contribution in [2.75, 3.05) is 12.0 Å². The fourth-order valence-corrected chi connectivity index (χ4v) is 3.70. The second-order valence-corrected chi connectivity index (χ2v) is 8.27. The molecule has 0 saturated heterocycles. The van der Waals surface area contributed by atoms with Crippen LogP contribution in [0.1, 0.15) is 30.9 Å². The van der Waals surface area contributed by atoms with Gasteiger partial charge in [-0.1, -0.05) is 24.0 Å². The Kier molecular flexibility index (Phi) is 5.18. The van der Waals surface area contributed by atoms with E-state index in [0.29, 0.717) is 25.3 Å². The van der Waals surface area contributed by atoms with E-state index in [0.717, 1.165) is 4.90 Å². The van der Waals surface area contributed by atoms with Gasteiger partial charge in [-0.05, 0) is 24.5 Å². The van der Waals surface area contributed by atoms with Gasteiger partial charge >= 0.3 is 12.2 Å². The summed E-state index contributed by atoms with van der Waals surface area (Å²) < 4.78 is 69.6. The van der Waals surface area contributed by atoms with Crippen molar-refractivity contribution in [3.8, 4) is 11.8 Å². The number of carbonyl (C=O) groups excluding carboxylic acids is 2. The zero-order valence-corrected chi connectivity index (χ0v) is 17.4. The number of carbonyl (C=O) groups is 2. The maximum atomic E-state index is 14.1. The van der Waals surface area contributed by atoms with Crippen molar-refractivity contribution in [3.05, 3.63) is 40.7 Å². The zero-order chi connectivity index (χ0) is 24.2. The van der Waals surface area contributed by atoms with E-state index < -0.39 is 41.0 Å². The van der Waals surface area contributed by atoms with Gasteiger partial charge < -0.3 is 26.6 Å². The number of anilines is 1. The molecule has 7 nitrogen and oxygen atoms in total. The molecular weight excluding hydrogens is 449 g/mol. The number of halogens is 5. The maximum Gasteiger partial charge on any atom is 0.427 e. The van der Waals surface area contributed by atoms with E-state index in [2.05, 4.69) is 22.5 Å². The number of rotatable bonds is 3. The first kappa shape index (κ1) is 22.7. The molecule has 1 aromatic carbocycles. The second-order valence-electron chi connectivity index (χ2n) is 8.27. The minimum Gasteiger partial charge on any atom is -0.393 e. The van der Waals surface area contributed by atoms with Gasteiger partial charge in [-0.15, -0.1) is 0 Å². The molecule has 4 rings (SSSR count). The lowest BCUT2D eigenvalue weighted by Gasteiger charge is -2.37. The SMILES string of the molecule is CC(F)(F)C1=C(N)C(=O)N(Cc2ccc3c(c2)NC(=O)N[C@]3(C#CC2CC2)C(F)(F)F)CN1. The fourth-order valence-electron chi connectivity index (χ4n) is 3.70. The van der Waals surface area contributed by atoms with Crippen LogP contribution < -0.4 is 21.7 Å². The third-order valence-electron chi connectivity index (χ3n) is 5.55. The Bertz CT molecular complexity index is 1110. The average molecular weight is 469 g/mol. The molecule has 1 aliphatic carbocycles. The summed E-state index contributed by atoms with van der Waals surface area (Å²) in [4.78, 5) is 25.7. The van der Waals surface area contributed by atoms with Crippen molar-refractivity contribution in [2.24, 2.45) is 11.7 Å². The number of alkyl halides is 5. The molecule has 1 fully saturated rings. The first-order valence-electron chi connectivity index (χ1n) is 10.0. The van der Waals surface area contributed by atoms with E-state index in [9.17, 15) is 31.5 Å². The molecule has 176 valence electrons. The summed E-state index contributed by atoms with van der Waals surface area (Å²) in [6, 6.07) is 2.76. The van der Waals surface area contributed by atoms with E-state index in [1.807, 2.05) is 5.32 Å². The van der Waals surface area contributed by atoms with Gasteiger partial charge in [0.2, 0.25) is 5.54 Å². The second kappa shape index (κ2) is 7.54. The third-order valence-corrected chi connectivity index (χ3v) is 5.55. The van der Waals surface area contributed by atoms with Crippen LogP contribution in [0.3, 0.4) is 0 Å². The predicted octanol–water partition coefficient (Wildman–Crippen LogP) is 2.71. The molecule has 2 aliphatic heterocycles. The minimum absolute atomic E-state index is 0.111. The number of hydrogen-bond acceptors (Lipinski definition) is 4. The van der Waals surface area contributed by atoms with Gasteiger partial charge in [0.15, 0.2) is 0 Å². The Morgan fingerprint density at radius 1 is 1.21 bits per heavy atom. The highest BCUT2D eigenvalue weighted by atomic mass is 19.4. The standard InChI is InChI=1S/C21H20F5N5O2/c1-19(22,23)16-15(27)17(32)31(10-28-16)9-12-4-5-13-14(8-12)29-18(33)30-20(13,21(24,25)26)7-6-11-2-3-11/h4-5,8,11,28H,2-3,9-10,27H2,1H3,(H2,29,30,33)/t20-/m0/s1. The number of benzene rings is 1. The molecule has 0 aromatic heterocycles. The summed E-state index contributed by atoms with van der Waals surface area (Å²) in [7, 11) is 0. The summed E-state index contributed by atoms with van der Waals surface area (Å²) in [6.45, 7) is 0.186. The van der Waals surface area contributed by atoms with E-state index in [-0.39, 0.29) is 30.4 Å². The normalized spacial score (nSPS) is 23.2.